The SMILES string of the molecule is Nc1nc(/C(=N/O)C(=O)NC2C(=O)N3C(C(=O)O)=C(C=C4CCN(c5ccc[n+](CC(=O)Nc6ccc(O)cc6)c5)C4=O)CSC23)cs1. The lowest BCUT2D eigenvalue weighted by atomic mass is 10.0. The fraction of sp³-hybridized carbons (Fsp3) is 0.200. The monoisotopic (exact) mass is 691 g/mol. The van der Waals surface area contributed by atoms with E-state index < -0.39 is 34.9 Å². The van der Waals surface area contributed by atoms with Crippen molar-refractivity contribution in [3.63, 3.8) is 0 Å². The summed E-state index contributed by atoms with van der Waals surface area (Å²) in [5.41, 5.74) is 6.57. The van der Waals surface area contributed by atoms with Gasteiger partial charge in [-0.15, -0.1) is 23.1 Å². The van der Waals surface area contributed by atoms with E-state index in [-0.39, 0.29) is 52.0 Å². The predicted molar refractivity (Wildman–Crippen MR) is 173 cm³/mol. The molecular weight excluding hydrogens is 665 g/mol. The van der Waals surface area contributed by atoms with Gasteiger partial charge in [0.1, 0.15) is 34.2 Å². The fourth-order valence-electron chi connectivity index (χ4n) is 5.45. The van der Waals surface area contributed by atoms with Crippen LogP contribution in [-0.4, -0.2) is 84.3 Å². The largest absolute Gasteiger partial charge is 0.508 e. The number of carbonyl (C=O) groups is 5. The van der Waals surface area contributed by atoms with Crippen molar-refractivity contribution in [3.8, 4) is 5.75 Å². The number of allylic oxidation sites excluding steroid dienone is 1. The van der Waals surface area contributed by atoms with E-state index in [4.69, 9.17) is 5.73 Å². The second kappa shape index (κ2) is 13.2. The van der Waals surface area contributed by atoms with Crippen LogP contribution in [0.25, 0.3) is 0 Å². The van der Waals surface area contributed by atoms with Crippen LogP contribution in [0.4, 0.5) is 16.5 Å². The number of anilines is 3. The topological polar surface area (TPSA) is 232 Å². The van der Waals surface area contributed by atoms with Gasteiger partial charge in [0.05, 0.1) is 0 Å². The van der Waals surface area contributed by atoms with Gasteiger partial charge in [0.25, 0.3) is 23.6 Å². The average molecular weight is 692 g/mol. The molecule has 7 N–H and O–H groups in total. The summed E-state index contributed by atoms with van der Waals surface area (Å²) in [4.78, 5) is 70.8. The van der Waals surface area contributed by atoms with Crippen molar-refractivity contribution < 1.29 is 44.0 Å². The first-order valence-electron chi connectivity index (χ1n) is 14.3. The van der Waals surface area contributed by atoms with Crippen molar-refractivity contribution in [1.82, 2.24) is 15.2 Å². The first-order valence-corrected chi connectivity index (χ1v) is 16.2. The van der Waals surface area contributed by atoms with Gasteiger partial charge in [-0.05, 0) is 48.4 Å². The molecular formula is C30H27N8O8S2+. The van der Waals surface area contributed by atoms with Crippen LogP contribution >= 0.6 is 23.1 Å². The van der Waals surface area contributed by atoms with Crippen LogP contribution in [0.3, 0.4) is 0 Å². The van der Waals surface area contributed by atoms with Gasteiger partial charge in [0, 0.05) is 35.0 Å². The number of aromatic hydroxyl groups is 1. The number of amides is 4. The zero-order valence-corrected chi connectivity index (χ0v) is 26.4. The Kier molecular flexibility index (Phi) is 8.83. The molecule has 0 radical (unpaired) electrons. The number of benzene rings is 1. The first kappa shape index (κ1) is 32.2. The Morgan fingerprint density at radius 2 is 1.96 bits per heavy atom. The van der Waals surface area contributed by atoms with Gasteiger partial charge in [-0.3, -0.25) is 24.1 Å². The van der Waals surface area contributed by atoms with Gasteiger partial charge < -0.3 is 36.7 Å². The van der Waals surface area contributed by atoms with E-state index in [9.17, 15) is 39.4 Å². The van der Waals surface area contributed by atoms with Gasteiger partial charge in [0.2, 0.25) is 6.54 Å². The molecule has 2 saturated heterocycles. The molecule has 0 saturated carbocycles. The van der Waals surface area contributed by atoms with Crippen molar-refractivity contribution in [2.45, 2.75) is 24.4 Å². The van der Waals surface area contributed by atoms with Crippen molar-refractivity contribution in [1.29, 1.82) is 0 Å². The molecule has 16 nitrogen and oxygen atoms in total. The van der Waals surface area contributed by atoms with E-state index in [2.05, 4.69) is 20.8 Å². The number of pyridine rings is 1. The molecule has 48 heavy (non-hydrogen) atoms. The number of nitrogens with zero attached hydrogens (tertiary/aromatic N) is 5. The molecule has 3 aliphatic heterocycles. The molecule has 0 spiro atoms. The fourth-order valence-corrected chi connectivity index (χ4v) is 7.31. The summed E-state index contributed by atoms with van der Waals surface area (Å²) >= 11 is 2.25. The Morgan fingerprint density at radius 1 is 1.19 bits per heavy atom. The maximum absolute atomic E-state index is 13.5. The number of oxime groups is 1. The number of hydrogen-bond donors (Lipinski definition) is 6. The maximum atomic E-state index is 13.5. The van der Waals surface area contributed by atoms with E-state index in [1.165, 1.54) is 40.3 Å². The summed E-state index contributed by atoms with van der Waals surface area (Å²) in [6.45, 7) is 0.279. The predicted octanol–water partition coefficient (Wildman–Crippen LogP) is 0.637. The molecule has 18 heteroatoms. The number of carboxylic acids is 1. The number of thioether (sulfide) groups is 1. The maximum Gasteiger partial charge on any atom is 0.352 e. The van der Waals surface area contributed by atoms with Crippen LogP contribution < -0.4 is 25.8 Å². The minimum absolute atomic E-state index is 0.0224. The second-order valence-electron chi connectivity index (χ2n) is 10.8. The summed E-state index contributed by atoms with van der Waals surface area (Å²) in [5, 5.41) is 37.9. The standard InChI is InChI=1S/C30H26N8O8S2/c31-30-33-20(14-48-30)22(35-46)25(41)34-23-27(43)38-24(29(44)45)16(13-47-28(23)38)10-15-7-9-37(26(15)42)18-2-1-8-36(11-18)12-21(40)32-17-3-5-19(39)6-4-17/h1-6,8,10-11,14,23,28H,7,9,12-13H2,(H6-,31,32,33,34,35,39,40,41,44,45,46)/p+1. The summed E-state index contributed by atoms with van der Waals surface area (Å²) in [7, 11) is 0. The van der Waals surface area contributed by atoms with Crippen LogP contribution in [-0.2, 0) is 30.5 Å². The molecule has 2 atom stereocenters. The van der Waals surface area contributed by atoms with Crippen LogP contribution in [0.2, 0.25) is 0 Å². The molecule has 0 aliphatic carbocycles. The number of β-lactam (4-membered cyclic amide) rings is 1. The molecule has 5 heterocycles. The number of carbonyl (C=O) groups excluding carboxylic acids is 4. The molecule has 2 unspecified atom stereocenters. The third-order valence-electron chi connectivity index (χ3n) is 7.67. The van der Waals surface area contributed by atoms with Crippen LogP contribution in [0.15, 0.2) is 82.2 Å². The Hall–Kier alpha value is -5.75. The number of phenols is 1. The number of carboxylic acid groups (broad SMARTS) is 1. The van der Waals surface area contributed by atoms with Gasteiger partial charge in [-0.25, -0.2) is 9.78 Å². The quantitative estimate of drug-likeness (QED) is 0.0347. The summed E-state index contributed by atoms with van der Waals surface area (Å²) in [6.07, 6.45) is 5.16. The van der Waals surface area contributed by atoms with Gasteiger partial charge >= 0.3 is 5.97 Å². The lowest BCUT2D eigenvalue weighted by molar-refractivity contribution is -0.683. The highest BCUT2D eigenvalue weighted by Crippen LogP contribution is 2.41. The lowest BCUT2D eigenvalue weighted by Gasteiger charge is -2.49. The normalized spacial score (nSPS) is 20.1. The Bertz CT molecular complexity index is 1940. The number of phenolic OH excluding ortho intramolecular Hbond substituents is 1. The number of thiazole rings is 1. The van der Waals surface area contributed by atoms with Crippen LogP contribution in [0.1, 0.15) is 12.1 Å². The highest BCUT2D eigenvalue weighted by Gasteiger charge is 2.54. The molecule has 1 aromatic carbocycles. The van der Waals surface area contributed by atoms with Crippen molar-refractivity contribution in [2.24, 2.45) is 5.16 Å². The Balaban J connectivity index is 1.14. The second-order valence-corrected chi connectivity index (χ2v) is 12.8. The minimum Gasteiger partial charge on any atom is -0.508 e. The molecule has 6 rings (SSSR count). The Morgan fingerprint density at radius 3 is 2.65 bits per heavy atom. The Labute approximate surface area is 279 Å². The van der Waals surface area contributed by atoms with E-state index in [1.54, 1.807) is 41.2 Å². The zero-order chi connectivity index (χ0) is 34.1. The number of fused-ring (bicyclic) bond motifs is 1. The van der Waals surface area contributed by atoms with Gasteiger partial charge in [-0.2, -0.15) is 4.57 Å². The molecule has 2 fully saturated rings. The van der Waals surface area contributed by atoms with Gasteiger partial charge in [0.15, 0.2) is 23.2 Å². The molecule has 4 amide bonds. The van der Waals surface area contributed by atoms with E-state index in [0.29, 0.717) is 29.9 Å². The lowest BCUT2D eigenvalue weighted by Crippen LogP contribution is -2.71. The van der Waals surface area contributed by atoms with Crippen molar-refractivity contribution in [2.75, 3.05) is 28.2 Å². The number of nitrogen functional groups attached to an aromatic ring is 1. The van der Waals surface area contributed by atoms with Crippen molar-refractivity contribution in [3.05, 3.63) is 82.8 Å². The minimum atomic E-state index is -1.36. The van der Waals surface area contributed by atoms with Gasteiger partial charge in [-0.1, -0.05) is 5.16 Å². The number of nitrogens with two attached hydrogens (primary N) is 1. The number of aliphatic carboxylic acids is 1. The number of nitrogens with one attached hydrogen (secondary N) is 2. The highest BCUT2D eigenvalue weighted by molar-refractivity contribution is 8.00. The van der Waals surface area contributed by atoms with Crippen molar-refractivity contribution >= 4 is 74.9 Å². The smallest absolute Gasteiger partial charge is 0.352 e. The molecule has 3 aliphatic rings. The third kappa shape index (κ3) is 6.29. The molecule has 2 aromatic heterocycles. The van der Waals surface area contributed by atoms with E-state index >= 15 is 0 Å². The number of aromatic nitrogens is 2. The number of rotatable bonds is 9. The summed E-state index contributed by atoms with van der Waals surface area (Å²) < 4.78 is 1.62. The van der Waals surface area contributed by atoms with Crippen LogP contribution in [0.5, 0.6) is 5.75 Å². The highest BCUT2D eigenvalue weighted by atomic mass is 32.2. The first-order chi connectivity index (χ1) is 23.0. The number of hydrogen-bond acceptors (Lipinski definition) is 12. The zero-order valence-electron chi connectivity index (χ0n) is 24.8. The van der Waals surface area contributed by atoms with E-state index in [0.717, 1.165) is 16.2 Å². The molecule has 3 aromatic rings. The summed E-state index contributed by atoms with van der Waals surface area (Å²) in [6, 6.07) is 8.39. The van der Waals surface area contributed by atoms with Crippen LogP contribution in [0, 0.1) is 0 Å². The summed E-state index contributed by atoms with van der Waals surface area (Å²) in [5.74, 6) is -3.36. The van der Waals surface area contributed by atoms with E-state index in [1.807, 2.05) is 0 Å². The average Bonchev–Trinajstić information content (AvgIpc) is 3.65. The molecule has 0 bridgehead atoms. The third-order valence-corrected chi connectivity index (χ3v) is 9.65. The molecule has 246 valence electrons.